The van der Waals surface area contributed by atoms with E-state index in [1.807, 2.05) is 39.0 Å². The van der Waals surface area contributed by atoms with Crippen LogP contribution in [0.1, 0.15) is 20.8 Å². The van der Waals surface area contributed by atoms with Crippen molar-refractivity contribution in [1.29, 1.82) is 0 Å². The third-order valence-corrected chi connectivity index (χ3v) is 2.36. The van der Waals surface area contributed by atoms with Crippen LogP contribution >= 0.6 is 0 Å². The maximum Gasteiger partial charge on any atom is 0.142 e. The smallest absolute Gasteiger partial charge is 0.142 e. The predicted molar refractivity (Wildman–Crippen MR) is 73.7 cm³/mol. The van der Waals surface area contributed by atoms with Gasteiger partial charge in [0.2, 0.25) is 0 Å². The van der Waals surface area contributed by atoms with E-state index in [1.54, 1.807) is 14.2 Å². The van der Waals surface area contributed by atoms with Gasteiger partial charge < -0.3 is 19.5 Å². The first-order chi connectivity index (χ1) is 8.46. The monoisotopic (exact) mass is 253 g/mol. The molecule has 0 radical (unpaired) electrons. The van der Waals surface area contributed by atoms with Crippen molar-refractivity contribution in [3.8, 4) is 11.5 Å². The summed E-state index contributed by atoms with van der Waals surface area (Å²) >= 11 is 0. The van der Waals surface area contributed by atoms with Crippen LogP contribution in [0.25, 0.3) is 0 Å². The molecule has 1 aromatic rings. The Bertz CT molecular complexity index is 372. The number of nitrogens with one attached hydrogen (secondary N) is 1. The van der Waals surface area contributed by atoms with Gasteiger partial charge in [0.1, 0.15) is 11.5 Å². The Hall–Kier alpha value is -1.42. The van der Waals surface area contributed by atoms with Gasteiger partial charge in [-0.15, -0.1) is 0 Å². The van der Waals surface area contributed by atoms with Crippen molar-refractivity contribution in [3.05, 3.63) is 18.2 Å². The predicted octanol–water partition coefficient (Wildman–Crippen LogP) is 2.93. The zero-order valence-electron chi connectivity index (χ0n) is 11.9. The highest BCUT2D eigenvalue weighted by molar-refractivity contribution is 5.59. The van der Waals surface area contributed by atoms with Crippen molar-refractivity contribution in [2.75, 3.05) is 32.7 Å². The first kappa shape index (κ1) is 14.6. The summed E-state index contributed by atoms with van der Waals surface area (Å²) in [5, 5.41) is 3.28. The largest absolute Gasteiger partial charge is 0.497 e. The Labute approximate surface area is 109 Å². The molecule has 102 valence electrons. The first-order valence-electron chi connectivity index (χ1n) is 6.06. The van der Waals surface area contributed by atoms with Gasteiger partial charge in [-0.3, -0.25) is 0 Å². The minimum absolute atomic E-state index is 0.111. The van der Waals surface area contributed by atoms with E-state index in [9.17, 15) is 0 Å². The van der Waals surface area contributed by atoms with Gasteiger partial charge >= 0.3 is 0 Å². The lowest BCUT2D eigenvalue weighted by Crippen LogP contribution is -2.23. The van der Waals surface area contributed by atoms with E-state index in [2.05, 4.69) is 5.32 Å². The van der Waals surface area contributed by atoms with Gasteiger partial charge in [-0.1, -0.05) is 0 Å². The number of ether oxygens (including phenoxy) is 3. The van der Waals surface area contributed by atoms with Crippen LogP contribution in [-0.4, -0.2) is 33.0 Å². The third kappa shape index (κ3) is 4.84. The molecule has 1 N–H and O–H groups in total. The summed E-state index contributed by atoms with van der Waals surface area (Å²) in [5.74, 6) is 1.60. The van der Waals surface area contributed by atoms with Gasteiger partial charge in [0.05, 0.1) is 32.1 Å². The average Bonchev–Trinajstić information content (AvgIpc) is 2.33. The highest BCUT2D eigenvalue weighted by Gasteiger charge is 2.09. The zero-order chi connectivity index (χ0) is 13.6. The van der Waals surface area contributed by atoms with E-state index in [4.69, 9.17) is 14.2 Å². The normalized spacial score (nSPS) is 11.2. The van der Waals surface area contributed by atoms with Crippen molar-refractivity contribution in [2.45, 2.75) is 26.4 Å². The van der Waals surface area contributed by atoms with Gasteiger partial charge in [0.25, 0.3) is 0 Å². The lowest BCUT2D eigenvalue weighted by atomic mass is 10.2. The van der Waals surface area contributed by atoms with Crippen molar-refractivity contribution >= 4 is 5.69 Å². The maximum absolute atomic E-state index is 5.65. The number of hydrogen-bond acceptors (Lipinski definition) is 4. The fourth-order valence-corrected chi connectivity index (χ4v) is 1.50. The molecule has 0 atom stereocenters. The first-order valence-corrected chi connectivity index (χ1v) is 6.06. The second-order valence-electron chi connectivity index (χ2n) is 4.95. The van der Waals surface area contributed by atoms with Crippen molar-refractivity contribution in [2.24, 2.45) is 0 Å². The summed E-state index contributed by atoms with van der Waals surface area (Å²) in [4.78, 5) is 0. The molecular weight excluding hydrogens is 230 g/mol. The average molecular weight is 253 g/mol. The zero-order valence-corrected chi connectivity index (χ0v) is 11.9. The molecule has 0 bridgehead atoms. The molecule has 4 heteroatoms. The van der Waals surface area contributed by atoms with Gasteiger partial charge in [-0.2, -0.15) is 0 Å². The molecule has 1 aromatic carbocycles. The molecule has 0 spiro atoms. The topological polar surface area (TPSA) is 39.7 Å². The fraction of sp³-hybridized carbons (Fsp3) is 0.571. The molecule has 1 rings (SSSR count). The number of rotatable bonds is 6. The SMILES string of the molecule is COc1ccc(OC)c(NCCOC(C)(C)C)c1. The molecule has 0 saturated carbocycles. The van der Waals surface area contributed by atoms with Crippen molar-refractivity contribution < 1.29 is 14.2 Å². The number of methoxy groups -OCH3 is 2. The second-order valence-corrected chi connectivity index (χ2v) is 4.95. The van der Waals surface area contributed by atoms with Crippen LogP contribution in [0.3, 0.4) is 0 Å². The van der Waals surface area contributed by atoms with E-state index in [0.29, 0.717) is 6.61 Å². The van der Waals surface area contributed by atoms with E-state index in [-0.39, 0.29) is 5.60 Å². The van der Waals surface area contributed by atoms with Crippen LogP contribution in [0.5, 0.6) is 11.5 Å². The van der Waals surface area contributed by atoms with Crippen LogP contribution in [0.15, 0.2) is 18.2 Å². The van der Waals surface area contributed by atoms with Gasteiger partial charge in [-0.05, 0) is 32.9 Å². The molecule has 0 aliphatic heterocycles. The van der Waals surface area contributed by atoms with E-state index in [1.165, 1.54) is 0 Å². The highest BCUT2D eigenvalue weighted by atomic mass is 16.5. The van der Waals surface area contributed by atoms with Crippen LogP contribution in [0.4, 0.5) is 5.69 Å². The molecule has 0 aromatic heterocycles. The van der Waals surface area contributed by atoms with Crippen LogP contribution in [0.2, 0.25) is 0 Å². The Morgan fingerprint density at radius 2 is 1.83 bits per heavy atom. The quantitative estimate of drug-likeness (QED) is 0.791. The second kappa shape index (κ2) is 6.50. The standard InChI is InChI=1S/C14H23NO3/c1-14(2,3)18-9-8-15-12-10-11(16-4)6-7-13(12)17-5/h6-7,10,15H,8-9H2,1-5H3. The lowest BCUT2D eigenvalue weighted by molar-refractivity contribution is 0.00332. The summed E-state index contributed by atoms with van der Waals surface area (Å²) in [6.45, 7) is 7.49. The van der Waals surface area contributed by atoms with Crippen molar-refractivity contribution in [1.82, 2.24) is 0 Å². The molecule has 0 aliphatic carbocycles. The molecule has 0 saturated heterocycles. The fourth-order valence-electron chi connectivity index (χ4n) is 1.50. The molecule has 0 unspecified atom stereocenters. The van der Waals surface area contributed by atoms with E-state index in [0.717, 1.165) is 23.7 Å². The lowest BCUT2D eigenvalue weighted by Gasteiger charge is -2.20. The third-order valence-electron chi connectivity index (χ3n) is 2.36. The van der Waals surface area contributed by atoms with Crippen LogP contribution in [-0.2, 0) is 4.74 Å². The maximum atomic E-state index is 5.65. The molecule has 4 nitrogen and oxygen atoms in total. The highest BCUT2D eigenvalue weighted by Crippen LogP contribution is 2.28. The molecule has 0 heterocycles. The Morgan fingerprint density at radius 3 is 2.39 bits per heavy atom. The summed E-state index contributed by atoms with van der Waals surface area (Å²) in [6.07, 6.45) is 0. The number of anilines is 1. The summed E-state index contributed by atoms with van der Waals surface area (Å²) in [5.41, 5.74) is 0.800. The number of benzene rings is 1. The van der Waals surface area contributed by atoms with Gasteiger partial charge in [0, 0.05) is 12.6 Å². The summed E-state index contributed by atoms with van der Waals surface area (Å²) in [7, 11) is 3.30. The molecule has 0 fully saturated rings. The minimum atomic E-state index is -0.111. The Kier molecular flexibility index (Phi) is 5.28. The van der Waals surface area contributed by atoms with E-state index < -0.39 is 0 Å². The molecule has 0 amide bonds. The summed E-state index contributed by atoms with van der Waals surface area (Å²) < 4.78 is 16.1. The van der Waals surface area contributed by atoms with E-state index >= 15 is 0 Å². The van der Waals surface area contributed by atoms with Crippen LogP contribution in [0, 0.1) is 0 Å². The van der Waals surface area contributed by atoms with Gasteiger partial charge in [0.15, 0.2) is 0 Å². The Morgan fingerprint density at radius 1 is 1.11 bits per heavy atom. The van der Waals surface area contributed by atoms with Crippen molar-refractivity contribution in [3.63, 3.8) is 0 Å². The minimum Gasteiger partial charge on any atom is -0.497 e. The van der Waals surface area contributed by atoms with Gasteiger partial charge in [-0.25, -0.2) is 0 Å². The molecule has 18 heavy (non-hydrogen) atoms. The van der Waals surface area contributed by atoms with Crippen LogP contribution < -0.4 is 14.8 Å². The number of hydrogen-bond donors (Lipinski definition) is 1. The Balaban J connectivity index is 2.54. The summed E-state index contributed by atoms with van der Waals surface area (Å²) in [6, 6.07) is 5.66. The molecular formula is C14H23NO3. The molecule has 0 aliphatic rings.